The molecule has 158 valence electrons. The van der Waals surface area contributed by atoms with Crippen molar-refractivity contribution in [3.05, 3.63) is 53.3 Å². The number of carbonyl (C=O) groups excluding carboxylic acids is 1. The number of likely N-dealkylation sites (tertiary alicyclic amines) is 1. The van der Waals surface area contributed by atoms with Gasteiger partial charge in [0.15, 0.2) is 5.84 Å². The molecule has 0 radical (unpaired) electrons. The number of carbonyl (C=O) groups is 1. The third kappa shape index (κ3) is 4.09. The summed E-state index contributed by atoms with van der Waals surface area (Å²) in [5, 5.41) is 0. The van der Waals surface area contributed by atoms with E-state index >= 15 is 0 Å². The second-order valence-corrected chi connectivity index (χ2v) is 8.83. The summed E-state index contributed by atoms with van der Waals surface area (Å²) in [5.41, 5.74) is 8.16. The van der Waals surface area contributed by atoms with Gasteiger partial charge in [0.05, 0.1) is 17.9 Å². The van der Waals surface area contributed by atoms with Crippen LogP contribution in [0.5, 0.6) is 5.75 Å². The van der Waals surface area contributed by atoms with E-state index in [1.54, 1.807) is 36.7 Å². The second-order valence-electron chi connectivity index (χ2n) is 7.49. The molecule has 3 heterocycles. The van der Waals surface area contributed by atoms with E-state index in [1.165, 1.54) is 0 Å². The van der Waals surface area contributed by atoms with E-state index in [9.17, 15) is 13.2 Å². The van der Waals surface area contributed by atoms with Crippen LogP contribution in [0.25, 0.3) is 0 Å². The molecule has 2 aliphatic heterocycles. The lowest BCUT2D eigenvalue weighted by Gasteiger charge is -2.33. The number of amides is 1. The van der Waals surface area contributed by atoms with Crippen LogP contribution in [0, 0.1) is 12.8 Å². The van der Waals surface area contributed by atoms with Crippen molar-refractivity contribution in [2.45, 2.75) is 19.8 Å². The molecule has 0 saturated carbocycles. The van der Waals surface area contributed by atoms with E-state index in [0.717, 1.165) is 18.4 Å². The minimum Gasteiger partial charge on any atom is -0.492 e. The number of fused-ring (bicyclic) bond motifs is 1. The Hall–Kier alpha value is -3.14. The number of pyridine rings is 1. The van der Waals surface area contributed by atoms with Crippen molar-refractivity contribution in [2.24, 2.45) is 16.0 Å². The van der Waals surface area contributed by atoms with Gasteiger partial charge in [-0.2, -0.15) is 8.42 Å². The maximum atomic E-state index is 12.9. The van der Waals surface area contributed by atoms with Crippen LogP contribution in [0.3, 0.4) is 0 Å². The molecule has 9 nitrogen and oxygen atoms in total. The summed E-state index contributed by atoms with van der Waals surface area (Å²) in [6.45, 7) is 3.56. The number of aromatic nitrogens is 1. The molecule has 1 aromatic heterocycles. The Morgan fingerprint density at radius 2 is 2.20 bits per heavy atom. The SMILES string of the molecule is Cc1cnccc1C(=O)N1CCCC(COc2cccc3c2C(N)=NS(=O)(=O)N3)C1. The van der Waals surface area contributed by atoms with Crippen LogP contribution in [-0.2, 0) is 10.2 Å². The van der Waals surface area contributed by atoms with Crippen LogP contribution in [0.2, 0.25) is 0 Å². The predicted octanol–water partition coefficient (Wildman–Crippen LogP) is 1.70. The molecule has 1 fully saturated rings. The Morgan fingerprint density at radius 1 is 1.37 bits per heavy atom. The highest BCUT2D eigenvalue weighted by Gasteiger charge is 2.28. The summed E-state index contributed by atoms with van der Waals surface area (Å²) in [4.78, 5) is 18.8. The van der Waals surface area contributed by atoms with Gasteiger partial charge in [-0.1, -0.05) is 6.07 Å². The quantitative estimate of drug-likeness (QED) is 0.762. The summed E-state index contributed by atoms with van der Waals surface area (Å²) >= 11 is 0. The molecule has 1 unspecified atom stereocenters. The lowest BCUT2D eigenvalue weighted by molar-refractivity contribution is 0.0632. The molecule has 1 aromatic carbocycles. The van der Waals surface area contributed by atoms with Gasteiger partial charge in [-0.05, 0) is 43.5 Å². The van der Waals surface area contributed by atoms with Crippen LogP contribution in [0.15, 0.2) is 41.1 Å². The van der Waals surface area contributed by atoms with Crippen molar-refractivity contribution in [1.82, 2.24) is 9.88 Å². The lowest BCUT2D eigenvalue weighted by Crippen LogP contribution is -2.42. The highest BCUT2D eigenvalue weighted by atomic mass is 32.2. The van der Waals surface area contributed by atoms with Crippen molar-refractivity contribution in [2.75, 3.05) is 24.4 Å². The maximum absolute atomic E-state index is 12.9. The number of anilines is 1. The van der Waals surface area contributed by atoms with Crippen LogP contribution < -0.4 is 15.2 Å². The molecule has 2 aromatic rings. The molecule has 0 bridgehead atoms. The highest BCUT2D eigenvalue weighted by molar-refractivity contribution is 7.91. The van der Waals surface area contributed by atoms with Gasteiger partial charge in [0.25, 0.3) is 5.91 Å². The molecule has 0 spiro atoms. The summed E-state index contributed by atoms with van der Waals surface area (Å²) in [6, 6.07) is 6.78. The predicted molar refractivity (Wildman–Crippen MR) is 113 cm³/mol. The molecule has 10 heteroatoms. The second kappa shape index (κ2) is 7.94. The van der Waals surface area contributed by atoms with Gasteiger partial charge in [-0.3, -0.25) is 14.5 Å². The Morgan fingerprint density at radius 3 is 3.00 bits per heavy atom. The first-order valence-electron chi connectivity index (χ1n) is 9.68. The molecular formula is C20H23N5O4S. The Labute approximate surface area is 175 Å². The largest absolute Gasteiger partial charge is 0.492 e. The molecule has 0 aliphatic carbocycles. The minimum absolute atomic E-state index is 0.00229. The van der Waals surface area contributed by atoms with Gasteiger partial charge in [-0.25, -0.2) is 0 Å². The van der Waals surface area contributed by atoms with Crippen LogP contribution in [0.4, 0.5) is 5.69 Å². The van der Waals surface area contributed by atoms with Crippen LogP contribution in [0.1, 0.15) is 34.3 Å². The van der Waals surface area contributed by atoms with Gasteiger partial charge in [0.1, 0.15) is 5.75 Å². The number of amidine groups is 1. The number of benzene rings is 1. The third-order valence-corrected chi connectivity index (χ3v) is 6.19. The highest BCUT2D eigenvalue weighted by Crippen LogP contribution is 2.31. The van der Waals surface area contributed by atoms with Crippen molar-refractivity contribution in [3.63, 3.8) is 0 Å². The van der Waals surface area contributed by atoms with E-state index < -0.39 is 10.2 Å². The van der Waals surface area contributed by atoms with Crippen molar-refractivity contribution >= 4 is 27.6 Å². The molecule has 2 aliphatic rings. The molecule has 4 rings (SSSR count). The van der Waals surface area contributed by atoms with Gasteiger partial charge in [-0.15, -0.1) is 4.40 Å². The van der Waals surface area contributed by atoms with E-state index in [2.05, 4.69) is 14.1 Å². The van der Waals surface area contributed by atoms with E-state index in [0.29, 0.717) is 42.3 Å². The number of nitrogens with one attached hydrogen (secondary N) is 1. The van der Waals surface area contributed by atoms with Crippen molar-refractivity contribution in [3.8, 4) is 5.75 Å². The van der Waals surface area contributed by atoms with E-state index in [-0.39, 0.29) is 17.7 Å². The number of hydrogen-bond acceptors (Lipinski definition) is 6. The van der Waals surface area contributed by atoms with Gasteiger partial charge < -0.3 is 15.4 Å². The maximum Gasteiger partial charge on any atom is 0.344 e. The third-order valence-electron chi connectivity index (χ3n) is 5.27. The number of nitrogens with zero attached hydrogens (tertiary/aromatic N) is 3. The number of hydrogen-bond donors (Lipinski definition) is 2. The molecule has 1 atom stereocenters. The van der Waals surface area contributed by atoms with E-state index in [4.69, 9.17) is 10.5 Å². The molecular weight excluding hydrogens is 406 g/mol. The molecule has 1 amide bonds. The summed E-state index contributed by atoms with van der Waals surface area (Å²) in [7, 11) is -3.84. The Balaban J connectivity index is 1.45. The van der Waals surface area contributed by atoms with Crippen molar-refractivity contribution in [1.29, 1.82) is 0 Å². The lowest BCUT2D eigenvalue weighted by atomic mass is 9.97. The number of rotatable bonds is 4. The van der Waals surface area contributed by atoms with E-state index in [1.807, 2.05) is 11.8 Å². The fraction of sp³-hybridized carbons (Fsp3) is 0.350. The van der Waals surface area contributed by atoms with Gasteiger partial charge in [0.2, 0.25) is 0 Å². The first kappa shape index (κ1) is 20.1. The standard InChI is InChI=1S/C20H23N5O4S/c1-13-10-22-8-7-15(13)20(26)25-9-3-4-14(11-25)12-29-17-6-2-5-16-18(17)19(21)24-30(27,28)23-16/h2,5-8,10,14,23H,3-4,9,11-12H2,1H3,(H2,21,24). The first-order valence-corrected chi connectivity index (χ1v) is 11.1. The molecule has 3 N–H and O–H groups in total. The monoisotopic (exact) mass is 429 g/mol. The summed E-state index contributed by atoms with van der Waals surface area (Å²) in [5.74, 6) is 0.513. The van der Waals surface area contributed by atoms with Crippen LogP contribution in [-0.4, -0.2) is 49.7 Å². The zero-order valence-corrected chi connectivity index (χ0v) is 17.4. The number of nitrogens with two attached hydrogens (primary N) is 1. The van der Waals surface area contributed by atoms with Crippen molar-refractivity contribution < 1.29 is 17.9 Å². The number of ether oxygens (including phenoxy) is 1. The summed E-state index contributed by atoms with van der Waals surface area (Å²) in [6.07, 6.45) is 5.14. The summed E-state index contributed by atoms with van der Waals surface area (Å²) < 4.78 is 35.3. The zero-order valence-electron chi connectivity index (χ0n) is 16.5. The first-order chi connectivity index (χ1) is 14.3. The Kier molecular flexibility index (Phi) is 5.33. The number of piperidine rings is 1. The molecule has 1 saturated heterocycles. The number of aryl methyl sites for hydroxylation is 1. The average Bonchev–Trinajstić information content (AvgIpc) is 2.71. The van der Waals surface area contributed by atoms with Gasteiger partial charge >= 0.3 is 10.2 Å². The van der Waals surface area contributed by atoms with Crippen LogP contribution >= 0.6 is 0 Å². The van der Waals surface area contributed by atoms with Gasteiger partial charge in [0, 0.05) is 37.0 Å². The fourth-order valence-corrected chi connectivity index (χ4v) is 4.66. The molecule has 30 heavy (non-hydrogen) atoms. The normalized spacial score (nSPS) is 20.0. The average molecular weight is 430 g/mol. The smallest absolute Gasteiger partial charge is 0.344 e. The fourth-order valence-electron chi connectivity index (χ4n) is 3.81. The minimum atomic E-state index is -3.84. The topological polar surface area (TPSA) is 127 Å². The Bertz CT molecular complexity index is 1120. The zero-order chi connectivity index (χ0) is 21.3.